The SMILES string of the molecule is CCNC(=O)C(C)c1c(CC)n(C(=O)c2ccc(Cl)cc2Cl)c2c(Br)cc(OC)cc12. The number of carbonyl (C=O) groups is 2. The summed E-state index contributed by atoms with van der Waals surface area (Å²) in [5, 5.41) is 4.37. The minimum atomic E-state index is -0.467. The van der Waals surface area contributed by atoms with Crippen molar-refractivity contribution in [2.24, 2.45) is 0 Å². The predicted molar refractivity (Wildman–Crippen MR) is 129 cm³/mol. The Morgan fingerprint density at radius 1 is 1.19 bits per heavy atom. The number of ether oxygens (including phenoxy) is 1. The highest BCUT2D eigenvalue weighted by molar-refractivity contribution is 9.10. The largest absolute Gasteiger partial charge is 0.497 e. The van der Waals surface area contributed by atoms with Crippen molar-refractivity contribution in [1.82, 2.24) is 9.88 Å². The first-order valence-electron chi connectivity index (χ1n) is 9.93. The predicted octanol–water partition coefficient (Wildman–Crippen LogP) is 6.21. The molecule has 1 aromatic heterocycles. The van der Waals surface area contributed by atoms with Gasteiger partial charge in [0, 0.05) is 27.1 Å². The Labute approximate surface area is 199 Å². The van der Waals surface area contributed by atoms with Gasteiger partial charge in [-0.1, -0.05) is 30.1 Å². The van der Waals surface area contributed by atoms with E-state index in [2.05, 4.69) is 21.2 Å². The molecule has 0 fully saturated rings. The molecule has 3 aromatic rings. The van der Waals surface area contributed by atoms with Gasteiger partial charge in [-0.3, -0.25) is 14.2 Å². The Bertz CT molecular complexity index is 1170. The fraction of sp³-hybridized carbons (Fsp3) is 0.304. The molecule has 0 saturated carbocycles. The van der Waals surface area contributed by atoms with Crippen molar-refractivity contribution in [2.45, 2.75) is 33.1 Å². The summed E-state index contributed by atoms with van der Waals surface area (Å²) in [6.07, 6.45) is 0.541. The van der Waals surface area contributed by atoms with Gasteiger partial charge in [0.25, 0.3) is 5.91 Å². The molecule has 1 heterocycles. The number of nitrogens with one attached hydrogen (secondary N) is 1. The lowest BCUT2D eigenvalue weighted by atomic mass is 9.95. The third kappa shape index (κ3) is 4.34. The molecule has 0 aliphatic rings. The van der Waals surface area contributed by atoms with Crippen LogP contribution in [-0.2, 0) is 11.2 Å². The number of methoxy groups -OCH3 is 1. The summed E-state index contributed by atoms with van der Waals surface area (Å²) >= 11 is 16.0. The molecular formula is C23H23BrCl2N2O3. The van der Waals surface area contributed by atoms with E-state index in [4.69, 9.17) is 27.9 Å². The molecule has 8 heteroatoms. The molecule has 0 bridgehead atoms. The van der Waals surface area contributed by atoms with Crippen LogP contribution in [0.15, 0.2) is 34.8 Å². The van der Waals surface area contributed by atoms with Gasteiger partial charge in [-0.05, 0) is 72.1 Å². The third-order valence-electron chi connectivity index (χ3n) is 5.24. The maximum Gasteiger partial charge on any atom is 0.264 e. The molecule has 31 heavy (non-hydrogen) atoms. The number of hydrogen-bond donors (Lipinski definition) is 1. The monoisotopic (exact) mass is 524 g/mol. The van der Waals surface area contributed by atoms with Crippen LogP contribution in [0.4, 0.5) is 0 Å². The van der Waals surface area contributed by atoms with Crippen molar-refractivity contribution in [2.75, 3.05) is 13.7 Å². The lowest BCUT2D eigenvalue weighted by Crippen LogP contribution is -2.28. The van der Waals surface area contributed by atoms with Crippen molar-refractivity contribution >= 4 is 61.8 Å². The minimum Gasteiger partial charge on any atom is -0.497 e. The standard InChI is InChI=1S/C23H23BrCl2N2O3/c1-5-19-20(12(3)22(29)27-6-2)16-10-14(31-4)11-17(24)21(16)28(19)23(30)15-8-7-13(25)9-18(15)26/h7-12H,5-6H2,1-4H3,(H,27,29). The van der Waals surface area contributed by atoms with E-state index in [0.717, 1.165) is 16.6 Å². The van der Waals surface area contributed by atoms with Gasteiger partial charge in [0.1, 0.15) is 5.75 Å². The van der Waals surface area contributed by atoms with Crippen molar-refractivity contribution in [3.05, 3.63) is 61.7 Å². The molecule has 5 nitrogen and oxygen atoms in total. The summed E-state index contributed by atoms with van der Waals surface area (Å²) in [4.78, 5) is 26.4. The van der Waals surface area contributed by atoms with Crippen LogP contribution >= 0.6 is 39.1 Å². The number of rotatable bonds is 6. The van der Waals surface area contributed by atoms with Crippen LogP contribution < -0.4 is 10.1 Å². The number of aromatic nitrogens is 1. The highest BCUT2D eigenvalue weighted by Gasteiger charge is 2.29. The van der Waals surface area contributed by atoms with Gasteiger partial charge in [0.15, 0.2) is 0 Å². The molecule has 1 N–H and O–H groups in total. The molecule has 0 aliphatic heterocycles. The summed E-state index contributed by atoms with van der Waals surface area (Å²) in [5.74, 6) is -0.234. The Hall–Kier alpha value is -2.02. The zero-order valence-corrected chi connectivity index (χ0v) is 20.8. The summed E-state index contributed by atoms with van der Waals surface area (Å²) in [6.45, 7) is 6.20. The maximum atomic E-state index is 13.7. The molecule has 3 rings (SSSR count). The van der Waals surface area contributed by atoms with Gasteiger partial charge < -0.3 is 10.1 Å². The Kier molecular flexibility index (Phi) is 7.35. The van der Waals surface area contributed by atoms with E-state index in [1.165, 1.54) is 0 Å². The van der Waals surface area contributed by atoms with Gasteiger partial charge in [0.05, 0.1) is 29.1 Å². The highest BCUT2D eigenvalue weighted by Crippen LogP contribution is 2.40. The molecule has 0 radical (unpaired) electrons. The van der Waals surface area contributed by atoms with Crippen LogP contribution in [0.5, 0.6) is 5.75 Å². The lowest BCUT2D eigenvalue weighted by molar-refractivity contribution is -0.122. The van der Waals surface area contributed by atoms with Gasteiger partial charge in [0.2, 0.25) is 5.91 Å². The average molecular weight is 526 g/mol. The molecule has 1 unspecified atom stereocenters. The van der Waals surface area contributed by atoms with E-state index in [1.807, 2.05) is 26.8 Å². The second kappa shape index (κ2) is 9.63. The van der Waals surface area contributed by atoms with Crippen molar-refractivity contribution in [3.63, 3.8) is 0 Å². The van der Waals surface area contributed by atoms with Crippen molar-refractivity contribution < 1.29 is 14.3 Å². The van der Waals surface area contributed by atoms with E-state index >= 15 is 0 Å². The fourth-order valence-corrected chi connectivity index (χ4v) is 4.94. The number of carbonyl (C=O) groups excluding carboxylic acids is 2. The van der Waals surface area contributed by atoms with Crippen LogP contribution in [0, 0.1) is 0 Å². The molecule has 0 aliphatic carbocycles. The van der Waals surface area contributed by atoms with Crippen LogP contribution in [0.3, 0.4) is 0 Å². The summed E-state index contributed by atoms with van der Waals surface area (Å²) in [7, 11) is 1.58. The summed E-state index contributed by atoms with van der Waals surface area (Å²) in [6, 6.07) is 8.45. The van der Waals surface area contributed by atoms with Gasteiger partial charge in [-0.2, -0.15) is 0 Å². The molecule has 0 saturated heterocycles. The zero-order valence-electron chi connectivity index (χ0n) is 17.7. The quantitative estimate of drug-likeness (QED) is 0.416. The van der Waals surface area contributed by atoms with E-state index in [0.29, 0.717) is 39.3 Å². The van der Waals surface area contributed by atoms with E-state index in [-0.39, 0.29) is 16.8 Å². The topological polar surface area (TPSA) is 60.3 Å². The number of hydrogen-bond acceptors (Lipinski definition) is 3. The first kappa shape index (κ1) is 23.6. The highest BCUT2D eigenvalue weighted by atomic mass is 79.9. The average Bonchev–Trinajstić information content (AvgIpc) is 3.07. The zero-order chi connectivity index (χ0) is 22.9. The van der Waals surface area contributed by atoms with Crippen LogP contribution in [-0.4, -0.2) is 30.0 Å². The number of benzene rings is 2. The van der Waals surface area contributed by atoms with Crippen LogP contribution in [0.2, 0.25) is 10.0 Å². The number of halogens is 3. The summed E-state index contributed by atoms with van der Waals surface area (Å²) in [5.41, 5.74) is 2.54. The van der Waals surface area contributed by atoms with E-state index in [9.17, 15) is 9.59 Å². The smallest absolute Gasteiger partial charge is 0.264 e. The number of likely N-dealkylation sites (N-methyl/N-ethyl adjacent to an activating group) is 1. The van der Waals surface area contributed by atoms with Gasteiger partial charge >= 0.3 is 0 Å². The number of amides is 1. The summed E-state index contributed by atoms with van der Waals surface area (Å²) < 4.78 is 7.77. The van der Waals surface area contributed by atoms with Gasteiger partial charge in [-0.25, -0.2) is 0 Å². The third-order valence-corrected chi connectivity index (χ3v) is 6.40. The van der Waals surface area contributed by atoms with Crippen LogP contribution in [0.25, 0.3) is 10.9 Å². The molecule has 164 valence electrons. The normalized spacial score (nSPS) is 12.1. The minimum absolute atomic E-state index is 0.104. The Balaban J connectivity index is 2.38. The lowest BCUT2D eigenvalue weighted by Gasteiger charge is -2.15. The molecular weight excluding hydrogens is 503 g/mol. The number of fused-ring (bicyclic) bond motifs is 1. The van der Waals surface area contributed by atoms with Crippen molar-refractivity contribution in [3.8, 4) is 5.75 Å². The second-order valence-corrected chi connectivity index (χ2v) is 8.80. The fourth-order valence-electron chi connectivity index (χ4n) is 3.83. The first-order chi connectivity index (χ1) is 14.7. The van der Waals surface area contributed by atoms with E-state index in [1.54, 1.807) is 35.9 Å². The molecule has 1 amide bonds. The van der Waals surface area contributed by atoms with Crippen molar-refractivity contribution in [1.29, 1.82) is 0 Å². The van der Waals surface area contributed by atoms with E-state index < -0.39 is 5.92 Å². The maximum absolute atomic E-state index is 13.7. The Morgan fingerprint density at radius 2 is 1.90 bits per heavy atom. The van der Waals surface area contributed by atoms with Crippen LogP contribution in [0.1, 0.15) is 48.3 Å². The molecule has 1 atom stereocenters. The molecule has 0 spiro atoms. The van der Waals surface area contributed by atoms with Gasteiger partial charge in [-0.15, -0.1) is 0 Å². The number of nitrogens with zero attached hydrogens (tertiary/aromatic N) is 1. The Morgan fingerprint density at radius 3 is 2.48 bits per heavy atom. The first-order valence-corrected chi connectivity index (χ1v) is 11.5. The molecule has 2 aromatic carbocycles. The second-order valence-electron chi connectivity index (χ2n) is 7.10.